The van der Waals surface area contributed by atoms with Crippen LogP contribution in [0.5, 0.6) is 0 Å². The molecule has 6 nitrogen and oxygen atoms in total. The molecule has 2 N–H and O–H groups in total. The number of fused-ring (bicyclic) bond motifs is 1. The summed E-state index contributed by atoms with van der Waals surface area (Å²) in [6, 6.07) is 11.8. The molecule has 3 aromatic heterocycles. The average molecular weight is 404 g/mol. The molecular formula is C17H14ClN5OS2. The van der Waals surface area contributed by atoms with E-state index < -0.39 is 0 Å². The van der Waals surface area contributed by atoms with E-state index in [0.29, 0.717) is 27.6 Å². The van der Waals surface area contributed by atoms with Gasteiger partial charge in [0.1, 0.15) is 5.15 Å². The highest BCUT2D eigenvalue weighted by molar-refractivity contribution is 7.98. The number of halogens is 1. The van der Waals surface area contributed by atoms with Crippen molar-refractivity contribution in [2.45, 2.75) is 15.8 Å². The molecule has 0 unspecified atom stereocenters. The molecule has 0 spiro atoms. The maximum Gasteiger partial charge on any atom is 0.218 e. The van der Waals surface area contributed by atoms with Gasteiger partial charge in [0.15, 0.2) is 5.76 Å². The van der Waals surface area contributed by atoms with Crippen LogP contribution in [-0.2, 0) is 5.75 Å². The molecule has 0 amide bonds. The monoisotopic (exact) mass is 403 g/mol. The fraction of sp³-hybridized carbons (Fsp3) is 0.118. The van der Waals surface area contributed by atoms with Crippen LogP contribution in [0.25, 0.3) is 22.5 Å². The van der Waals surface area contributed by atoms with Crippen LogP contribution in [0.3, 0.4) is 0 Å². The third kappa shape index (κ3) is 3.27. The van der Waals surface area contributed by atoms with Gasteiger partial charge in [0.2, 0.25) is 11.0 Å². The molecule has 9 heteroatoms. The SMILES string of the molecule is CSc1ccc2cc(CSc3nnc(-c4ccco4)n3N)c(Cl)nc2c1. The van der Waals surface area contributed by atoms with Gasteiger partial charge in [0.25, 0.3) is 0 Å². The van der Waals surface area contributed by atoms with E-state index in [1.807, 2.05) is 18.4 Å². The second-order valence-electron chi connectivity index (χ2n) is 5.44. The summed E-state index contributed by atoms with van der Waals surface area (Å²) in [6.45, 7) is 0. The molecule has 3 heterocycles. The minimum atomic E-state index is 0.477. The highest BCUT2D eigenvalue weighted by Crippen LogP contribution is 2.30. The van der Waals surface area contributed by atoms with Crippen LogP contribution in [0.1, 0.15) is 5.56 Å². The zero-order valence-corrected chi connectivity index (χ0v) is 16.1. The Bertz CT molecular complexity index is 1060. The number of thioether (sulfide) groups is 2. The van der Waals surface area contributed by atoms with Crippen LogP contribution >= 0.6 is 35.1 Å². The van der Waals surface area contributed by atoms with Crippen molar-refractivity contribution in [1.82, 2.24) is 19.9 Å². The predicted octanol–water partition coefficient (Wildman–Crippen LogP) is 4.47. The van der Waals surface area contributed by atoms with E-state index in [1.165, 1.54) is 16.4 Å². The lowest BCUT2D eigenvalue weighted by Gasteiger charge is -2.07. The second kappa shape index (κ2) is 7.22. The van der Waals surface area contributed by atoms with Crippen LogP contribution in [0.2, 0.25) is 5.15 Å². The summed E-state index contributed by atoms with van der Waals surface area (Å²) >= 11 is 9.49. The van der Waals surface area contributed by atoms with Crippen molar-refractivity contribution in [3.8, 4) is 11.6 Å². The molecule has 0 aliphatic heterocycles. The van der Waals surface area contributed by atoms with Gasteiger partial charge in [-0.25, -0.2) is 9.66 Å². The zero-order valence-electron chi connectivity index (χ0n) is 13.7. The fourth-order valence-corrected chi connectivity index (χ4v) is 4.04. The van der Waals surface area contributed by atoms with Gasteiger partial charge >= 0.3 is 0 Å². The van der Waals surface area contributed by atoms with Gasteiger partial charge in [-0.05, 0) is 36.6 Å². The molecule has 0 atom stereocenters. The van der Waals surface area contributed by atoms with Crippen molar-refractivity contribution in [2.75, 3.05) is 12.1 Å². The first-order chi connectivity index (χ1) is 12.7. The third-order valence-electron chi connectivity index (χ3n) is 3.81. The first-order valence-corrected chi connectivity index (χ1v) is 10.2. The summed E-state index contributed by atoms with van der Waals surface area (Å²) < 4.78 is 6.73. The lowest BCUT2D eigenvalue weighted by molar-refractivity contribution is 0.574. The normalized spacial score (nSPS) is 11.3. The molecule has 0 fully saturated rings. The van der Waals surface area contributed by atoms with Crippen LogP contribution in [-0.4, -0.2) is 26.1 Å². The number of aromatic nitrogens is 4. The Morgan fingerprint density at radius 3 is 2.88 bits per heavy atom. The Morgan fingerprint density at radius 2 is 2.12 bits per heavy atom. The lowest BCUT2D eigenvalue weighted by atomic mass is 10.2. The van der Waals surface area contributed by atoms with Gasteiger partial charge in [-0.15, -0.1) is 22.0 Å². The lowest BCUT2D eigenvalue weighted by Crippen LogP contribution is -2.11. The van der Waals surface area contributed by atoms with E-state index in [4.69, 9.17) is 21.9 Å². The van der Waals surface area contributed by atoms with E-state index >= 15 is 0 Å². The topological polar surface area (TPSA) is 82.8 Å². The van der Waals surface area contributed by atoms with Crippen molar-refractivity contribution in [3.63, 3.8) is 0 Å². The number of hydrogen-bond acceptors (Lipinski definition) is 7. The van der Waals surface area contributed by atoms with Crippen molar-refractivity contribution in [1.29, 1.82) is 0 Å². The molecule has 0 bridgehead atoms. The maximum absolute atomic E-state index is 6.37. The highest BCUT2D eigenvalue weighted by atomic mass is 35.5. The van der Waals surface area contributed by atoms with Crippen LogP contribution in [0, 0.1) is 0 Å². The van der Waals surface area contributed by atoms with E-state index in [0.717, 1.165) is 21.4 Å². The average Bonchev–Trinajstić information content (AvgIpc) is 3.29. The largest absolute Gasteiger partial charge is 0.461 e. The summed E-state index contributed by atoms with van der Waals surface area (Å²) in [4.78, 5) is 5.67. The minimum absolute atomic E-state index is 0.477. The summed E-state index contributed by atoms with van der Waals surface area (Å²) in [5, 5.41) is 10.3. The molecule has 1 aromatic carbocycles. The summed E-state index contributed by atoms with van der Waals surface area (Å²) in [6.07, 6.45) is 3.60. The first-order valence-electron chi connectivity index (χ1n) is 7.66. The number of hydrogen-bond donors (Lipinski definition) is 1. The Hall–Kier alpha value is -2.16. The standard InChI is InChI=1S/C17H14ClN5OS2/c1-25-12-5-4-10-7-11(15(18)20-13(10)8-12)9-26-17-22-21-16(23(17)19)14-3-2-6-24-14/h2-8H,9,19H2,1H3. The fourth-order valence-electron chi connectivity index (χ4n) is 2.49. The van der Waals surface area contributed by atoms with Crippen molar-refractivity contribution >= 4 is 46.0 Å². The molecule has 132 valence electrons. The number of nitrogens with two attached hydrogens (primary N) is 1. The Kier molecular flexibility index (Phi) is 4.80. The molecule has 0 saturated heterocycles. The number of nitrogen functional groups attached to an aromatic ring is 1. The molecule has 0 aliphatic rings. The predicted molar refractivity (Wildman–Crippen MR) is 106 cm³/mol. The number of furan rings is 1. The van der Waals surface area contributed by atoms with E-state index in [9.17, 15) is 0 Å². The van der Waals surface area contributed by atoms with Crippen LogP contribution in [0.4, 0.5) is 0 Å². The summed E-state index contributed by atoms with van der Waals surface area (Å²) in [7, 11) is 0. The molecular weight excluding hydrogens is 390 g/mol. The van der Waals surface area contributed by atoms with Crippen molar-refractivity contribution < 1.29 is 4.42 Å². The zero-order chi connectivity index (χ0) is 18.1. The Labute approximate surface area is 163 Å². The van der Waals surface area contributed by atoms with E-state index in [-0.39, 0.29) is 0 Å². The quantitative estimate of drug-likeness (QED) is 0.299. The molecule has 4 aromatic rings. The van der Waals surface area contributed by atoms with E-state index in [1.54, 1.807) is 30.2 Å². The number of benzene rings is 1. The van der Waals surface area contributed by atoms with Gasteiger partial charge in [0, 0.05) is 21.6 Å². The third-order valence-corrected chi connectivity index (χ3v) is 5.86. The van der Waals surface area contributed by atoms with Gasteiger partial charge in [0.05, 0.1) is 11.8 Å². The van der Waals surface area contributed by atoms with Gasteiger partial charge in [-0.1, -0.05) is 29.4 Å². The molecule has 0 saturated carbocycles. The minimum Gasteiger partial charge on any atom is -0.461 e. The summed E-state index contributed by atoms with van der Waals surface area (Å²) in [5.74, 6) is 7.71. The molecule has 26 heavy (non-hydrogen) atoms. The Morgan fingerprint density at radius 1 is 1.23 bits per heavy atom. The van der Waals surface area contributed by atoms with Crippen molar-refractivity contribution in [2.24, 2.45) is 0 Å². The van der Waals surface area contributed by atoms with Crippen LogP contribution < -0.4 is 5.84 Å². The Balaban J connectivity index is 1.57. The van der Waals surface area contributed by atoms with Crippen LogP contribution in [0.15, 0.2) is 57.1 Å². The van der Waals surface area contributed by atoms with Gasteiger partial charge < -0.3 is 10.3 Å². The molecule has 0 aliphatic carbocycles. The maximum atomic E-state index is 6.37. The van der Waals surface area contributed by atoms with Crippen molar-refractivity contribution in [3.05, 3.63) is 53.4 Å². The van der Waals surface area contributed by atoms with Gasteiger partial charge in [-0.2, -0.15) is 0 Å². The molecule has 0 radical (unpaired) electrons. The number of rotatable bonds is 5. The number of nitrogens with zero attached hydrogens (tertiary/aromatic N) is 4. The smallest absolute Gasteiger partial charge is 0.218 e. The first kappa shape index (κ1) is 17.3. The van der Waals surface area contributed by atoms with E-state index in [2.05, 4.69) is 27.3 Å². The summed E-state index contributed by atoms with van der Waals surface area (Å²) in [5.41, 5.74) is 1.81. The number of pyridine rings is 1. The van der Waals surface area contributed by atoms with Gasteiger partial charge in [-0.3, -0.25) is 0 Å². The molecule has 4 rings (SSSR count). The second-order valence-corrected chi connectivity index (χ2v) is 7.62. The highest BCUT2D eigenvalue weighted by Gasteiger charge is 2.15.